The second-order valence-corrected chi connectivity index (χ2v) is 4.86. The van der Waals surface area contributed by atoms with Crippen LogP contribution in [0, 0.1) is 0 Å². The number of nitrogens with zero attached hydrogens (tertiary/aromatic N) is 3. The van der Waals surface area contributed by atoms with Crippen LogP contribution in [-0.4, -0.2) is 34.4 Å². The van der Waals surface area contributed by atoms with Gasteiger partial charge in [0, 0.05) is 12.5 Å². The third-order valence-corrected chi connectivity index (χ3v) is 3.58. The number of hydrogen-bond donors (Lipinski definition) is 0. The van der Waals surface area contributed by atoms with Crippen molar-refractivity contribution in [1.82, 2.24) is 14.3 Å². The van der Waals surface area contributed by atoms with Gasteiger partial charge in [0.25, 0.3) is 0 Å². The largest absolute Gasteiger partial charge is 0.306 e. The Hall–Kier alpha value is -1.06. The average Bonchev–Trinajstić information content (AvgIpc) is 2.84. The van der Waals surface area contributed by atoms with Crippen LogP contribution in [0.3, 0.4) is 0 Å². The molecule has 84 valence electrons. The van der Waals surface area contributed by atoms with Crippen molar-refractivity contribution in [2.24, 2.45) is 0 Å². The smallest absolute Gasteiger partial charge is 0.118 e. The van der Waals surface area contributed by atoms with Gasteiger partial charge in [-0.2, -0.15) is 0 Å². The van der Waals surface area contributed by atoms with Gasteiger partial charge in [-0.25, -0.2) is 4.98 Å². The minimum Gasteiger partial charge on any atom is -0.306 e. The predicted molar refractivity (Wildman–Crippen MR) is 65.1 cm³/mol. The Balaban J connectivity index is 2.10. The first-order valence-electron chi connectivity index (χ1n) is 5.56. The summed E-state index contributed by atoms with van der Waals surface area (Å²) in [5, 5.41) is 0.750. The molecule has 2 aromatic heterocycles. The van der Waals surface area contributed by atoms with Crippen molar-refractivity contribution < 1.29 is 0 Å². The topological polar surface area (TPSA) is 20.5 Å². The molecule has 1 unspecified atom stereocenters. The number of halogens is 1. The van der Waals surface area contributed by atoms with Gasteiger partial charge in [0.05, 0.1) is 11.7 Å². The van der Waals surface area contributed by atoms with E-state index in [4.69, 9.17) is 11.6 Å². The molecule has 1 aliphatic rings. The van der Waals surface area contributed by atoms with E-state index >= 15 is 0 Å². The van der Waals surface area contributed by atoms with Crippen molar-refractivity contribution in [3.05, 3.63) is 35.4 Å². The molecule has 0 amide bonds. The molecule has 3 nitrogen and oxygen atoms in total. The second-order valence-electron chi connectivity index (χ2n) is 4.47. The quantitative estimate of drug-likeness (QED) is 0.708. The Morgan fingerprint density at radius 1 is 1.44 bits per heavy atom. The standard InChI is InChI=1S/C12H14ClN3/c1-15-6-5-9(8-15)12-14-7-10-3-2-4-11(13)16(10)12/h2-4,7,9H,5-6,8H2,1H3. The Bertz CT molecular complexity index is 520. The normalized spacial score (nSPS) is 22.0. The molecular formula is C12H14ClN3. The van der Waals surface area contributed by atoms with Gasteiger partial charge in [-0.3, -0.25) is 4.40 Å². The van der Waals surface area contributed by atoms with Gasteiger partial charge >= 0.3 is 0 Å². The summed E-state index contributed by atoms with van der Waals surface area (Å²) in [6.07, 6.45) is 3.07. The summed E-state index contributed by atoms with van der Waals surface area (Å²) in [4.78, 5) is 6.86. The van der Waals surface area contributed by atoms with Gasteiger partial charge in [-0.05, 0) is 32.1 Å². The first kappa shape index (κ1) is 10.1. The molecule has 2 aromatic rings. The lowest BCUT2D eigenvalue weighted by Gasteiger charge is -2.10. The summed E-state index contributed by atoms with van der Waals surface area (Å²) < 4.78 is 2.06. The molecule has 0 radical (unpaired) electrons. The van der Waals surface area contributed by atoms with E-state index in [0.717, 1.165) is 29.6 Å². The zero-order valence-corrected chi connectivity index (χ0v) is 9.98. The van der Waals surface area contributed by atoms with Crippen LogP contribution in [0.4, 0.5) is 0 Å². The summed E-state index contributed by atoms with van der Waals surface area (Å²) >= 11 is 6.23. The zero-order valence-electron chi connectivity index (χ0n) is 9.23. The van der Waals surface area contributed by atoms with E-state index in [0.29, 0.717) is 5.92 Å². The van der Waals surface area contributed by atoms with E-state index in [1.54, 1.807) is 0 Å². The number of pyridine rings is 1. The minimum absolute atomic E-state index is 0.507. The van der Waals surface area contributed by atoms with Crippen molar-refractivity contribution in [3.63, 3.8) is 0 Å². The molecule has 1 saturated heterocycles. The van der Waals surface area contributed by atoms with Crippen molar-refractivity contribution in [3.8, 4) is 0 Å². The third-order valence-electron chi connectivity index (χ3n) is 3.29. The van der Waals surface area contributed by atoms with Crippen molar-refractivity contribution >= 4 is 17.1 Å². The summed E-state index contributed by atoms with van der Waals surface area (Å²) in [6, 6.07) is 5.92. The predicted octanol–water partition coefficient (Wildman–Crippen LogP) is 2.41. The molecule has 16 heavy (non-hydrogen) atoms. The van der Waals surface area contributed by atoms with E-state index in [1.165, 1.54) is 6.42 Å². The van der Waals surface area contributed by atoms with Crippen LogP contribution in [0.15, 0.2) is 24.4 Å². The average molecular weight is 236 g/mol. The monoisotopic (exact) mass is 235 g/mol. The van der Waals surface area contributed by atoms with Gasteiger partial charge in [0.15, 0.2) is 0 Å². The summed E-state index contributed by atoms with van der Waals surface area (Å²) in [5.74, 6) is 1.61. The number of fused-ring (bicyclic) bond motifs is 1. The fraction of sp³-hybridized carbons (Fsp3) is 0.417. The van der Waals surface area contributed by atoms with E-state index in [9.17, 15) is 0 Å². The van der Waals surface area contributed by atoms with Crippen LogP contribution in [-0.2, 0) is 0 Å². The number of imidazole rings is 1. The maximum Gasteiger partial charge on any atom is 0.118 e. The molecule has 3 heterocycles. The Morgan fingerprint density at radius 2 is 2.31 bits per heavy atom. The first-order valence-corrected chi connectivity index (χ1v) is 5.94. The zero-order chi connectivity index (χ0) is 11.1. The summed E-state index contributed by atoms with van der Waals surface area (Å²) in [5.41, 5.74) is 1.08. The number of rotatable bonds is 1. The Kier molecular flexibility index (Phi) is 2.37. The molecule has 4 heteroatoms. The maximum absolute atomic E-state index is 6.23. The van der Waals surface area contributed by atoms with Crippen LogP contribution >= 0.6 is 11.6 Å². The molecule has 1 fully saturated rings. The van der Waals surface area contributed by atoms with Gasteiger partial charge in [0.1, 0.15) is 11.0 Å². The van der Waals surface area contributed by atoms with E-state index in [2.05, 4.69) is 21.3 Å². The molecule has 3 rings (SSSR count). The van der Waals surface area contributed by atoms with Gasteiger partial charge in [-0.15, -0.1) is 0 Å². The first-order chi connectivity index (χ1) is 7.75. The van der Waals surface area contributed by atoms with Crippen LogP contribution in [0.2, 0.25) is 5.15 Å². The SMILES string of the molecule is CN1CCC(c2ncc3cccc(Cl)n23)C1. The molecule has 0 bridgehead atoms. The molecule has 1 aliphatic heterocycles. The number of aromatic nitrogens is 2. The second kappa shape index (κ2) is 3.75. The Labute approximate surface area is 99.7 Å². The highest BCUT2D eigenvalue weighted by molar-refractivity contribution is 6.29. The highest BCUT2D eigenvalue weighted by Gasteiger charge is 2.25. The molecular weight excluding hydrogens is 222 g/mol. The number of likely N-dealkylation sites (N-methyl/N-ethyl adjacent to an activating group) is 1. The van der Waals surface area contributed by atoms with Gasteiger partial charge < -0.3 is 4.90 Å². The van der Waals surface area contributed by atoms with E-state index < -0.39 is 0 Å². The van der Waals surface area contributed by atoms with Crippen LogP contribution in [0.25, 0.3) is 5.52 Å². The molecule has 0 aliphatic carbocycles. The van der Waals surface area contributed by atoms with Crippen LogP contribution < -0.4 is 0 Å². The van der Waals surface area contributed by atoms with Crippen molar-refractivity contribution in [2.45, 2.75) is 12.3 Å². The lowest BCUT2D eigenvalue weighted by molar-refractivity contribution is 0.409. The fourth-order valence-electron chi connectivity index (χ4n) is 2.46. The fourth-order valence-corrected chi connectivity index (χ4v) is 2.72. The number of hydrogen-bond acceptors (Lipinski definition) is 2. The highest BCUT2D eigenvalue weighted by atomic mass is 35.5. The minimum atomic E-state index is 0.507. The highest BCUT2D eigenvalue weighted by Crippen LogP contribution is 2.27. The maximum atomic E-state index is 6.23. The third kappa shape index (κ3) is 1.51. The van der Waals surface area contributed by atoms with Crippen molar-refractivity contribution in [2.75, 3.05) is 20.1 Å². The molecule has 0 N–H and O–H groups in total. The summed E-state index contributed by atoms with van der Waals surface area (Å²) in [6.45, 7) is 2.22. The number of likely N-dealkylation sites (tertiary alicyclic amines) is 1. The lowest BCUT2D eigenvalue weighted by Crippen LogP contribution is -2.14. The summed E-state index contributed by atoms with van der Waals surface area (Å²) in [7, 11) is 2.15. The van der Waals surface area contributed by atoms with Gasteiger partial charge in [0.2, 0.25) is 0 Å². The molecule has 1 atom stereocenters. The Morgan fingerprint density at radius 3 is 3.06 bits per heavy atom. The van der Waals surface area contributed by atoms with Crippen LogP contribution in [0.1, 0.15) is 18.2 Å². The molecule has 0 saturated carbocycles. The molecule has 0 aromatic carbocycles. The van der Waals surface area contributed by atoms with E-state index in [1.807, 2.05) is 24.4 Å². The van der Waals surface area contributed by atoms with E-state index in [-0.39, 0.29) is 0 Å². The van der Waals surface area contributed by atoms with Crippen molar-refractivity contribution in [1.29, 1.82) is 0 Å². The molecule has 0 spiro atoms. The van der Waals surface area contributed by atoms with Crippen LogP contribution in [0.5, 0.6) is 0 Å². The lowest BCUT2D eigenvalue weighted by atomic mass is 10.1. The van der Waals surface area contributed by atoms with Gasteiger partial charge in [-0.1, -0.05) is 17.7 Å².